The molecule has 98 valence electrons. The average Bonchev–Trinajstić information content (AvgIpc) is 2.33. The lowest BCUT2D eigenvalue weighted by Crippen LogP contribution is -2.13. The Bertz CT molecular complexity index is 626. The number of nitrogens with two attached hydrogens (primary N) is 1. The maximum absolute atomic E-state index is 12.1. The topological polar surface area (TPSA) is 75.3 Å². The number of nitrogen functional groups attached to an aromatic ring is 1. The molecule has 19 heavy (non-hydrogen) atoms. The van der Waals surface area contributed by atoms with Crippen LogP contribution >= 0.6 is 27.5 Å². The van der Waals surface area contributed by atoms with Crippen LogP contribution in [0.2, 0.25) is 5.02 Å². The third kappa shape index (κ3) is 3.00. The number of phenolic OH excluding ortho intramolecular Hbond substituents is 1. The molecule has 0 unspecified atom stereocenters. The third-order valence-electron chi connectivity index (χ3n) is 2.49. The largest absolute Gasteiger partial charge is 0.507 e. The number of phenols is 1. The van der Waals surface area contributed by atoms with Crippen LogP contribution in [-0.4, -0.2) is 11.0 Å². The number of halogens is 2. The van der Waals surface area contributed by atoms with E-state index in [2.05, 4.69) is 21.2 Å². The number of rotatable bonds is 2. The Morgan fingerprint density at radius 3 is 2.68 bits per heavy atom. The minimum Gasteiger partial charge on any atom is -0.507 e. The van der Waals surface area contributed by atoms with Gasteiger partial charge >= 0.3 is 0 Å². The number of benzene rings is 2. The molecular weight excluding hydrogens is 332 g/mol. The highest BCUT2D eigenvalue weighted by Crippen LogP contribution is 2.29. The van der Waals surface area contributed by atoms with Gasteiger partial charge in [0, 0.05) is 4.47 Å². The molecule has 2 aromatic carbocycles. The molecule has 0 heterocycles. The zero-order valence-electron chi connectivity index (χ0n) is 9.65. The van der Waals surface area contributed by atoms with E-state index < -0.39 is 5.91 Å². The second-order valence-corrected chi connectivity index (χ2v) is 5.14. The molecule has 0 bridgehead atoms. The Morgan fingerprint density at radius 1 is 1.32 bits per heavy atom. The lowest BCUT2D eigenvalue weighted by molar-refractivity contribution is 0.102. The highest BCUT2D eigenvalue weighted by atomic mass is 79.9. The molecule has 0 fully saturated rings. The quantitative estimate of drug-likeness (QED) is 0.730. The molecule has 1 amide bonds. The van der Waals surface area contributed by atoms with Gasteiger partial charge in [-0.1, -0.05) is 33.6 Å². The van der Waals surface area contributed by atoms with Gasteiger partial charge in [-0.25, -0.2) is 0 Å². The van der Waals surface area contributed by atoms with Crippen LogP contribution < -0.4 is 11.1 Å². The smallest absolute Gasteiger partial charge is 0.259 e. The van der Waals surface area contributed by atoms with Gasteiger partial charge < -0.3 is 16.2 Å². The van der Waals surface area contributed by atoms with E-state index >= 15 is 0 Å². The molecule has 0 aliphatic rings. The molecule has 0 spiro atoms. The number of carbonyl (C=O) groups is 1. The van der Waals surface area contributed by atoms with Crippen LogP contribution in [0.25, 0.3) is 0 Å². The summed E-state index contributed by atoms with van der Waals surface area (Å²) >= 11 is 9.16. The van der Waals surface area contributed by atoms with Gasteiger partial charge in [0.1, 0.15) is 5.75 Å². The number of hydrogen-bond acceptors (Lipinski definition) is 3. The normalized spacial score (nSPS) is 10.2. The van der Waals surface area contributed by atoms with E-state index in [1.54, 1.807) is 24.3 Å². The van der Waals surface area contributed by atoms with Crippen molar-refractivity contribution in [3.8, 4) is 5.75 Å². The molecule has 2 rings (SSSR count). The van der Waals surface area contributed by atoms with E-state index in [1.807, 2.05) is 0 Å². The second kappa shape index (κ2) is 5.50. The monoisotopic (exact) mass is 340 g/mol. The van der Waals surface area contributed by atoms with Gasteiger partial charge in [-0.15, -0.1) is 0 Å². The predicted octanol–water partition coefficient (Wildman–Crippen LogP) is 3.64. The standard InChI is InChI=1S/C13H10BrClN2O2/c14-7-4-5-8(11(18)6-7)13(19)17-12-9(15)2-1-3-10(12)16/h1-6,18H,16H2,(H,17,19). The van der Waals surface area contributed by atoms with Gasteiger partial charge in [-0.05, 0) is 30.3 Å². The molecule has 0 atom stereocenters. The van der Waals surface area contributed by atoms with Gasteiger partial charge in [-0.3, -0.25) is 4.79 Å². The van der Waals surface area contributed by atoms with Gasteiger partial charge in [-0.2, -0.15) is 0 Å². The molecule has 6 heteroatoms. The lowest BCUT2D eigenvalue weighted by Gasteiger charge is -2.10. The molecule has 0 aliphatic carbocycles. The van der Waals surface area contributed by atoms with Crippen LogP contribution in [-0.2, 0) is 0 Å². The Hall–Kier alpha value is -1.72. The highest BCUT2D eigenvalue weighted by molar-refractivity contribution is 9.10. The first kappa shape index (κ1) is 13.7. The van der Waals surface area contributed by atoms with Gasteiger partial charge in [0.2, 0.25) is 0 Å². The second-order valence-electron chi connectivity index (χ2n) is 3.82. The Kier molecular flexibility index (Phi) is 3.97. The maximum Gasteiger partial charge on any atom is 0.259 e. The summed E-state index contributed by atoms with van der Waals surface area (Å²) in [6.45, 7) is 0. The first-order valence-corrected chi connectivity index (χ1v) is 6.50. The van der Waals surface area contributed by atoms with Crippen LogP contribution in [0.15, 0.2) is 40.9 Å². The third-order valence-corrected chi connectivity index (χ3v) is 3.30. The fourth-order valence-electron chi connectivity index (χ4n) is 1.55. The van der Waals surface area contributed by atoms with Crippen LogP contribution in [0.1, 0.15) is 10.4 Å². The SMILES string of the molecule is Nc1cccc(Cl)c1NC(=O)c1ccc(Br)cc1O. The van der Waals surface area contributed by atoms with Crippen molar-refractivity contribution in [3.05, 3.63) is 51.5 Å². The summed E-state index contributed by atoms with van der Waals surface area (Å²) in [5.74, 6) is -0.609. The molecule has 0 aliphatic heterocycles. The Balaban J connectivity index is 2.31. The lowest BCUT2D eigenvalue weighted by atomic mass is 10.2. The summed E-state index contributed by atoms with van der Waals surface area (Å²) in [5, 5.41) is 12.6. The summed E-state index contributed by atoms with van der Waals surface area (Å²) in [5.41, 5.74) is 6.57. The first-order valence-electron chi connectivity index (χ1n) is 5.33. The van der Waals surface area contributed by atoms with Crippen molar-refractivity contribution in [1.29, 1.82) is 0 Å². The summed E-state index contributed by atoms with van der Waals surface area (Å²) in [4.78, 5) is 12.1. The zero-order valence-corrected chi connectivity index (χ0v) is 12.0. The fourth-order valence-corrected chi connectivity index (χ4v) is 2.13. The van der Waals surface area contributed by atoms with Gasteiger partial charge in [0.15, 0.2) is 0 Å². The number of anilines is 2. The predicted molar refractivity (Wildman–Crippen MR) is 79.6 cm³/mol. The van der Waals surface area contributed by atoms with Gasteiger partial charge in [0.25, 0.3) is 5.91 Å². The number of para-hydroxylation sites is 1. The first-order chi connectivity index (χ1) is 8.99. The summed E-state index contributed by atoms with van der Waals surface area (Å²) < 4.78 is 0.679. The van der Waals surface area contributed by atoms with Crippen molar-refractivity contribution in [2.75, 3.05) is 11.1 Å². The van der Waals surface area contributed by atoms with Crippen molar-refractivity contribution in [2.24, 2.45) is 0 Å². The molecule has 0 radical (unpaired) electrons. The van der Waals surface area contributed by atoms with Crippen molar-refractivity contribution in [1.82, 2.24) is 0 Å². The van der Waals surface area contributed by atoms with E-state index in [4.69, 9.17) is 17.3 Å². The summed E-state index contributed by atoms with van der Waals surface area (Å²) in [7, 11) is 0. The van der Waals surface area contributed by atoms with Crippen molar-refractivity contribution >= 4 is 44.8 Å². The number of aromatic hydroxyl groups is 1. The maximum atomic E-state index is 12.1. The minimum atomic E-state index is -0.482. The van der Waals surface area contributed by atoms with Crippen LogP contribution in [0.5, 0.6) is 5.75 Å². The van der Waals surface area contributed by atoms with E-state index in [1.165, 1.54) is 12.1 Å². The fraction of sp³-hybridized carbons (Fsp3) is 0. The number of amides is 1. The van der Waals surface area contributed by atoms with Crippen LogP contribution in [0.3, 0.4) is 0 Å². The highest BCUT2D eigenvalue weighted by Gasteiger charge is 2.14. The number of carbonyl (C=O) groups excluding carboxylic acids is 1. The van der Waals surface area contributed by atoms with Crippen molar-refractivity contribution in [2.45, 2.75) is 0 Å². The van der Waals surface area contributed by atoms with E-state index in [0.29, 0.717) is 20.9 Å². The minimum absolute atomic E-state index is 0.127. The molecule has 4 N–H and O–H groups in total. The molecule has 0 saturated heterocycles. The summed E-state index contributed by atoms with van der Waals surface area (Å²) in [6.07, 6.45) is 0. The van der Waals surface area contributed by atoms with E-state index in [0.717, 1.165) is 0 Å². The molecule has 0 saturated carbocycles. The van der Waals surface area contributed by atoms with Crippen LogP contribution in [0, 0.1) is 0 Å². The zero-order chi connectivity index (χ0) is 14.0. The average molecular weight is 342 g/mol. The number of hydrogen-bond donors (Lipinski definition) is 3. The number of nitrogens with one attached hydrogen (secondary N) is 1. The Labute approximate surface area is 123 Å². The van der Waals surface area contributed by atoms with E-state index in [9.17, 15) is 9.90 Å². The van der Waals surface area contributed by atoms with Crippen LogP contribution in [0.4, 0.5) is 11.4 Å². The van der Waals surface area contributed by atoms with Crippen molar-refractivity contribution in [3.63, 3.8) is 0 Å². The molecule has 4 nitrogen and oxygen atoms in total. The Morgan fingerprint density at radius 2 is 2.05 bits per heavy atom. The van der Waals surface area contributed by atoms with Crippen molar-refractivity contribution < 1.29 is 9.90 Å². The van der Waals surface area contributed by atoms with E-state index in [-0.39, 0.29) is 11.3 Å². The molecular formula is C13H10BrClN2O2. The summed E-state index contributed by atoms with van der Waals surface area (Å²) in [6, 6.07) is 9.53. The van der Waals surface area contributed by atoms with Gasteiger partial charge in [0.05, 0.1) is 22.0 Å². The molecule has 0 aromatic heterocycles. The molecule has 2 aromatic rings.